The van der Waals surface area contributed by atoms with Gasteiger partial charge in [-0.05, 0) is 62.5 Å². The summed E-state index contributed by atoms with van der Waals surface area (Å²) in [6, 6.07) is 18.8. The van der Waals surface area contributed by atoms with Gasteiger partial charge in [-0.3, -0.25) is 9.80 Å². The smallest absolute Gasteiger partial charge is 0.119 e. The number of hydrogen-bond donors (Lipinski definition) is 1. The van der Waals surface area contributed by atoms with Crippen LogP contribution in [0, 0.1) is 0 Å². The molecule has 4 nitrogen and oxygen atoms in total. The zero-order chi connectivity index (χ0) is 20.1. The molecule has 0 aromatic heterocycles. The fourth-order valence-corrected chi connectivity index (χ4v) is 4.59. The summed E-state index contributed by atoms with van der Waals surface area (Å²) in [7, 11) is 2.03. The fourth-order valence-electron chi connectivity index (χ4n) is 4.59. The molecule has 2 fully saturated rings. The molecule has 2 aromatic rings. The highest BCUT2D eigenvalue weighted by atomic mass is 16.5. The normalized spacial score (nSPS) is 19.4. The van der Waals surface area contributed by atoms with Crippen LogP contribution in [0.15, 0.2) is 54.6 Å². The number of benzene rings is 2. The van der Waals surface area contributed by atoms with Crippen LogP contribution in [-0.2, 0) is 13.1 Å². The predicted octanol–water partition coefficient (Wildman–Crippen LogP) is 4.08. The second kappa shape index (κ2) is 9.29. The van der Waals surface area contributed by atoms with Crippen molar-refractivity contribution in [2.24, 2.45) is 0 Å². The Hall–Kier alpha value is -1.88. The number of rotatable bonds is 9. The molecule has 0 unspecified atom stereocenters. The summed E-state index contributed by atoms with van der Waals surface area (Å²) in [5.74, 6) is 0.832. The second-order valence-electron chi connectivity index (χ2n) is 8.89. The van der Waals surface area contributed by atoms with Crippen LogP contribution in [0.4, 0.5) is 0 Å². The van der Waals surface area contributed by atoms with Gasteiger partial charge in [0.2, 0.25) is 0 Å². The fraction of sp³-hybridized carbons (Fsp3) is 0.520. The van der Waals surface area contributed by atoms with Gasteiger partial charge in [0, 0.05) is 25.2 Å². The molecular formula is C25H34N2O2. The van der Waals surface area contributed by atoms with E-state index in [4.69, 9.17) is 4.74 Å². The van der Waals surface area contributed by atoms with Gasteiger partial charge in [-0.25, -0.2) is 0 Å². The molecule has 1 heterocycles. The first-order chi connectivity index (χ1) is 14.1. The van der Waals surface area contributed by atoms with E-state index in [0.717, 1.165) is 18.8 Å². The van der Waals surface area contributed by atoms with Crippen molar-refractivity contribution in [3.63, 3.8) is 0 Å². The quantitative estimate of drug-likeness (QED) is 0.695. The lowest BCUT2D eigenvalue weighted by Gasteiger charge is -2.36. The molecular weight excluding hydrogens is 360 g/mol. The van der Waals surface area contributed by atoms with E-state index in [9.17, 15) is 5.11 Å². The van der Waals surface area contributed by atoms with Crippen molar-refractivity contribution >= 4 is 0 Å². The third-order valence-electron chi connectivity index (χ3n) is 6.38. The maximum absolute atomic E-state index is 10.3. The van der Waals surface area contributed by atoms with E-state index in [2.05, 4.69) is 34.1 Å². The molecule has 0 radical (unpaired) electrons. The Bertz CT molecular complexity index is 758. The molecule has 1 saturated carbocycles. The lowest BCUT2D eigenvalue weighted by Crippen LogP contribution is -2.40. The molecule has 2 aromatic carbocycles. The first-order valence-corrected chi connectivity index (χ1v) is 11.0. The average Bonchev–Trinajstić information content (AvgIpc) is 3.50. The summed E-state index contributed by atoms with van der Waals surface area (Å²) in [6.45, 7) is 4.01. The summed E-state index contributed by atoms with van der Waals surface area (Å²) < 4.78 is 5.83. The molecule has 1 spiro atoms. The predicted molar refractivity (Wildman–Crippen MR) is 117 cm³/mol. The van der Waals surface area contributed by atoms with Crippen molar-refractivity contribution in [1.29, 1.82) is 0 Å². The summed E-state index contributed by atoms with van der Waals surface area (Å²) in [5.41, 5.74) is 3.14. The summed E-state index contributed by atoms with van der Waals surface area (Å²) in [5, 5.41) is 10.3. The Balaban J connectivity index is 1.20. The maximum atomic E-state index is 10.3. The summed E-state index contributed by atoms with van der Waals surface area (Å²) in [6.07, 6.45) is 6.36. The van der Waals surface area contributed by atoms with Crippen molar-refractivity contribution < 1.29 is 9.84 Å². The number of piperidine rings is 1. The van der Waals surface area contributed by atoms with Gasteiger partial charge in [0.25, 0.3) is 0 Å². The topological polar surface area (TPSA) is 35.9 Å². The number of nitrogens with zero attached hydrogens (tertiary/aromatic N) is 2. The van der Waals surface area contributed by atoms with E-state index in [-0.39, 0.29) is 0 Å². The zero-order valence-electron chi connectivity index (χ0n) is 17.6. The first-order valence-electron chi connectivity index (χ1n) is 11.0. The highest BCUT2D eigenvalue weighted by Crippen LogP contribution is 2.48. The summed E-state index contributed by atoms with van der Waals surface area (Å²) in [4.78, 5) is 4.82. The third kappa shape index (κ3) is 5.59. The third-order valence-corrected chi connectivity index (χ3v) is 6.38. The molecule has 4 rings (SSSR count). The van der Waals surface area contributed by atoms with Gasteiger partial charge < -0.3 is 9.84 Å². The minimum absolute atomic E-state index is 0.313. The second-order valence-corrected chi connectivity index (χ2v) is 8.89. The van der Waals surface area contributed by atoms with Crippen molar-refractivity contribution in [2.45, 2.75) is 56.8 Å². The van der Waals surface area contributed by atoms with Gasteiger partial charge >= 0.3 is 0 Å². The number of aliphatic hydroxyl groups excluding tert-OH is 1. The van der Waals surface area contributed by atoms with Crippen molar-refractivity contribution in [2.75, 3.05) is 26.7 Å². The minimum atomic E-state index is -0.508. The van der Waals surface area contributed by atoms with E-state index < -0.39 is 6.10 Å². The van der Waals surface area contributed by atoms with Crippen LogP contribution in [0.25, 0.3) is 0 Å². The van der Waals surface area contributed by atoms with Gasteiger partial charge in [-0.2, -0.15) is 0 Å². The van der Waals surface area contributed by atoms with Crippen LogP contribution in [0.1, 0.15) is 43.2 Å². The largest absolute Gasteiger partial charge is 0.491 e. The van der Waals surface area contributed by atoms with Crippen LogP contribution >= 0.6 is 0 Å². The van der Waals surface area contributed by atoms with E-state index >= 15 is 0 Å². The van der Waals surface area contributed by atoms with Crippen molar-refractivity contribution in [3.05, 3.63) is 65.7 Å². The maximum Gasteiger partial charge on any atom is 0.119 e. The molecule has 1 aliphatic carbocycles. The SMILES string of the molecule is CN(Cc1ccccc1)C[C@H](O)COc1ccc(CN2CCCCC23CC3)cc1. The van der Waals surface area contributed by atoms with Gasteiger partial charge in [-0.1, -0.05) is 48.9 Å². The molecule has 1 aliphatic heterocycles. The number of hydrogen-bond acceptors (Lipinski definition) is 4. The van der Waals surface area contributed by atoms with Crippen LogP contribution in [0.3, 0.4) is 0 Å². The Morgan fingerprint density at radius 3 is 2.48 bits per heavy atom. The van der Waals surface area contributed by atoms with Crippen molar-refractivity contribution in [1.82, 2.24) is 9.80 Å². The Morgan fingerprint density at radius 1 is 1.00 bits per heavy atom. The standard InChI is InChI=1S/C25H34N2O2/c1-26(17-21-7-3-2-4-8-21)19-23(28)20-29-24-11-9-22(10-12-24)18-27-16-6-5-13-25(27)14-15-25/h2-4,7-12,23,28H,5-6,13-20H2,1H3/t23-/m0/s1. The monoisotopic (exact) mass is 394 g/mol. The van der Waals surface area contributed by atoms with Crippen LogP contribution < -0.4 is 4.74 Å². The number of likely N-dealkylation sites (tertiary alicyclic amines) is 1. The highest BCUT2D eigenvalue weighted by Gasteiger charge is 2.48. The van der Waals surface area contributed by atoms with Gasteiger partial charge in [-0.15, -0.1) is 0 Å². The van der Waals surface area contributed by atoms with Crippen molar-refractivity contribution in [3.8, 4) is 5.75 Å². The molecule has 1 N–H and O–H groups in total. The van der Waals surface area contributed by atoms with Gasteiger partial charge in [0.1, 0.15) is 18.5 Å². The van der Waals surface area contributed by atoms with E-state index in [1.165, 1.54) is 49.8 Å². The molecule has 1 atom stereocenters. The molecule has 0 bridgehead atoms. The van der Waals surface area contributed by atoms with E-state index in [1.54, 1.807) is 0 Å². The van der Waals surface area contributed by atoms with Crippen LogP contribution in [0.5, 0.6) is 5.75 Å². The molecule has 0 amide bonds. The molecule has 156 valence electrons. The number of aliphatic hydroxyl groups is 1. The Kier molecular flexibility index (Phi) is 6.53. The lowest BCUT2D eigenvalue weighted by molar-refractivity contribution is 0.0743. The molecule has 1 saturated heterocycles. The average molecular weight is 395 g/mol. The molecule has 29 heavy (non-hydrogen) atoms. The zero-order valence-corrected chi connectivity index (χ0v) is 17.6. The van der Waals surface area contributed by atoms with E-state index in [0.29, 0.717) is 18.7 Å². The number of likely N-dealkylation sites (N-methyl/N-ethyl adjacent to an activating group) is 1. The molecule has 2 aliphatic rings. The Labute approximate surface area is 175 Å². The summed E-state index contributed by atoms with van der Waals surface area (Å²) >= 11 is 0. The first kappa shape index (κ1) is 20.4. The van der Waals surface area contributed by atoms with Gasteiger partial charge in [0.15, 0.2) is 0 Å². The molecule has 4 heteroatoms. The Morgan fingerprint density at radius 2 is 1.76 bits per heavy atom. The lowest BCUT2D eigenvalue weighted by atomic mass is 9.99. The van der Waals surface area contributed by atoms with Crippen LogP contribution in [-0.4, -0.2) is 53.3 Å². The minimum Gasteiger partial charge on any atom is -0.491 e. The van der Waals surface area contributed by atoms with Gasteiger partial charge in [0.05, 0.1) is 0 Å². The van der Waals surface area contributed by atoms with Crippen LogP contribution in [0.2, 0.25) is 0 Å². The number of ether oxygens (including phenoxy) is 1. The highest BCUT2D eigenvalue weighted by molar-refractivity contribution is 5.28. The van der Waals surface area contributed by atoms with E-state index in [1.807, 2.05) is 37.4 Å².